The minimum atomic E-state index is 0.0214. The first kappa shape index (κ1) is 12.0. The van der Waals surface area contributed by atoms with Crippen molar-refractivity contribution in [2.45, 2.75) is 40.0 Å². The highest BCUT2D eigenvalue weighted by molar-refractivity contribution is 4.85. The summed E-state index contributed by atoms with van der Waals surface area (Å²) in [4.78, 5) is 0. The van der Waals surface area contributed by atoms with Crippen molar-refractivity contribution in [1.29, 1.82) is 0 Å². The van der Waals surface area contributed by atoms with Crippen LogP contribution in [0.5, 0.6) is 0 Å². The van der Waals surface area contributed by atoms with Crippen LogP contribution in [0.25, 0.3) is 0 Å². The zero-order chi connectivity index (χ0) is 10.8. The normalized spacial score (nSPS) is 34.5. The Balaban J connectivity index is 2.58. The average Bonchev–Trinajstić information content (AvgIpc) is 2.18. The molecule has 84 valence electrons. The minimum Gasteiger partial charge on any atom is -0.396 e. The summed E-state index contributed by atoms with van der Waals surface area (Å²) in [6, 6.07) is 0. The van der Waals surface area contributed by atoms with E-state index in [4.69, 9.17) is 0 Å². The molecular formula is C12H24O2. The third-order valence-electron chi connectivity index (χ3n) is 4.11. The van der Waals surface area contributed by atoms with Crippen molar-refractivity contribution in [1.82, 2.24) is 0 Å². The quantitative estimate of drug-likeness (QED) is 0.732. The second-order valence-electron chi connectivity index (χ2n) is 5.58. The standard InChI is InChI=1S/C12H24O2/c1-9-4-5-11(6-10(9)7-13)12(2,3)8-14/h9-11,13-14H,4-8H2,1-3H3. The Bertz CT molecular complexity index is 177. The van der Waals surface area contributed by atoms with Gasteiger partial charge in [-0.3, -0.25) is 0 Å². The maximum absolute atomic E-state index is 9.31. The summed E-state index contributed by atoms with van der Waals surface area (Å²) < 4.78 is 0. The van der Waals surface area contributed by atoms with Gasteiger partial charge in [-0.05, 0) is 36.0 Å². The summed E-state index contributed by atoms with van der Waals surface area (Å²) in [5, 5.41) is 18.6. The predicted octanol–water partition coefficient (Wildman–Crippen LogP) is 2.05. The minimum absolute atomic E-state index is 0.0214. The van der Waals surface area contributed by atoms with E-state index in [1.807, 2.05) is 0 Å². The topological polar surface area (TPSA) is 40.5 Å². The van der Waals surface area contributed by atoms with Gasteiger partial charge in [0.25, 0.3) is 0 Å². The van der Waals surface area contributed by atoms with Gasteiger partial charge in [-0.1, -0.05) is 27.2 Å². The third-order valence-corrected chi connectivity index (χ3v) is 4.11. The van der Waals surface area contributed by atoms with Gasteiger partial charge in [0.2, 0.25) is 0 Å². The highest BCUT2D eigenvalue weighted by Crippen LogP contribution is 2.42. The molecule has 3 atom stereocenters. The molecule has 0 radical (unpaired) electrons. The van der Waals surface area contributed by atoms with Crippen LogP contribution in [0.1, 0.15) is 40.0 Å². The molecule has 1 aliphatic rings. The van der Waals surface area contributed by atoms with Crippen LogP contribution in [0.4, 0.5) is 0 Å². The molecule has 3 unspecified atom stereocenters. The Morgan fingerprint density at radius 2 is 1.86 bits per heavy atom. The van der Waals surface area contributed by atoms with E-state index in [1.54, 1.807) is 0 Å². The van der Waals surface area contributed by atoms with Crippen LogP contribution in [0.2, 0.25) is 0 Å². The van der Waals surface area contributed by atoms with Crippen molar-refractivity contribution in [3.05, 3.63) is 0 Å². The second-order valence-corrected chi connectivity index (χ2v) is 5.58. The van der Waals surface area contributed by atoms with Crippen molar-refractivity contribution < 1.29 is 10.2 Å². The van der Waals surface area contributed by atoms with Crippen LogP contribution in [-0.4, -0.2) is 23.4 Å². The maximum Gasteiger partial charge on any atom is 0.0484 e. The van der Waals surface area contributed by atoms with Gasteiger partial charge in [0.05, 0.1) is 0 Å². The lowest BCUT2D eigenvalue weighted by atomic mass is 9.65. The van der Waals surface area contributed by atoms with E-state index < -0.39 is 0 Å². The monoisotopic (exact) mass is 200 g/mol. The summed E-state index contributed by atoms with van der Waals surface area (Å²) >= 11 is 0. The summed E-state index contributed by atoms with van der Waals surface area (Å²) in [5.74, 6) is 1.66. The van der Waals surface area contributed by atoms with Gasteiger partial charge in [0.1, 0.15) is 0 Å². The molecule has 0 saturated heterocycles. The molecule has 0 aromatic rings. The number of aliphatic hydroxyl groups is 2. The van der Waals surface area contributed by atoms with Crippen LogP contribution in [0, 0.1) is 23.2 Å². The van der Waals surface area contributed by atoms with Crippen LogP contribution in [0.3, 0.4) is 0 Å². The van der Waals surface area contributed by atoms with E-state index in [1.165, 1.54) is 12.8 Å². The molecule has 2 nitrogen and oxygen atoms in total. The lowest BCUT2D eigenvalue weighted by Gasteiger charge is -2.41. The fourth-order valence-electron chi connectivity index (χ4n) is 2.51. The Hall–Kier alpha value is -0.0800. The number of rotatable bonds is 3. The molecule has 14 heavy (non-hydrogen) atoms. The Morgan fingerprint density at radius 1 is 1.21 bits per heavy atom. The SMILES string of the molecule is CC1CCC(C(C)(C)CO)CC1CO. The molecule has 2 N–H and O–H groups in total. The molecule has 1 fully saturated rings. The van der Waals surface area contributed by atoms with E-state index >= 15 is 0 Å². The first-order chi connectivity index (χ1) is 6.51. The summed E-state index contributed by atoms with van der Waals surface area (Å²) in [7, 11) is 0. The van der Waals surface area contributed by atoms with Gasteiger partial charge >= 0.3 is 0 Å². The molecule has 0 amide bonds. The molecule has 2 heteroatoms. The lowest BCUT2D eigenvalue weighted by Crippen LogP contribution is -2.35. The zero-order valence-corrected chi connectivity index (χ0v) is 9.66. The Morgan fingerprint density at radius 3 is 2.36 bits per heavy atom. The molecule has 0 aromatic carbocycles. The number of hydrogen-bond donors (Lipinski definition) is 2. The highest BCUT2D eigenvalue weighted by atomic mass is 16.3. The largest absolute Gasteiger partial charge is 0.396 e. The van der Waals surface area contributed by atoms with Gasteiger partial charge in [0.15, 0.2) is 0 Å². The van der Waals surface area contributed by atoms with E-state index in [-0.39, 0.29) is 12.0 Å². The molecule has 0 aliphatic heterocycles. The first-order valence-corrected chi connectivity index (χ1v) is 5.73. The van der Waals surface area contributed by atoms with Crippen LogP contribution >= 0.6 is 0 Å². The summed E-state index contributed by atoms with van der Waals surface area (Å²) in [6.07, 6.45) is 3.47. The fraction of sp³-hybridized carbons (Fsp3) is 1.00. The van der Waals surface area contributed by atoms with Gasteiger partial charge in [-0.2, -0.15) is 0 Å². The molecule has 0 aromatic heterocycles. The van der Waals surface area contributed by atoms with Gasteiger partial charge in [0, 0.05) is 13.2 Å². The molecule has 1 aliphatic carbocycles. The first-order valence-electron chi connectivity index (χ1n) is 5.73. The Kier molecular flexibility index (Phi) is 3.96. The molecule has 0 spiro atoms. The number of aliphatic hydroxyl groups excluding tert-OH is 2. The maximum atomic E-state index is 9.31. The molecule has 0 heterocycles. The van der Waals surface area contributed by atoms with Crippen LogP contribution < -0.4 is 0 Å². The van der Waals surface area contributed by atoms with Crippen molar-refractivity contribution in [3.8, 4) is 0 Å². The van der Waals surface area contributed by atoms with E-state index in [0.29, 0.717) is 24.4 Å². The van der Waals surface area contributed by atoms with Crippen molar-refractivity contribution in [2.75, 3.05) is 13.2 Å². The van der Waals surface area contributed by atoms with Gasteiger partial charge in [-0.25, -0.2) is 0 Å². The smallest absolute Gasteiger partial charge is 0.0484 e. The van der Waals surface area contributed by atoms with Crippen LogP contribution in [-0.2, 0) is 0 Å². The summed E-state index contributed by atoms with van der Waals surface area (Å²) in [6.45, 7) is 7.04. The highest BCUT2D eigenvalue weighted by Gasteiger charge is 2.35. The molecule has 1 rings (SSSR count). The zero-order valence-electron chi connectivity index (χ0n) is 9.66. The van der Waals surface area contributed by atoms with E-state index in [0.717, 1.165) is 6.42 Å². The van der Waals surface area contributed by atoms with Crippen LogP contribution in [0.15, 0.2) is 0 Å². The van der Waals surface area contributed by atoms with E-state index in [2.05, 4.69) is 20.8 Å². The van der Waals surface area contributed by atoms with Crippen molar-refractivity contribution in [3.63, 3.8) is 0 Å². The summed E-state index contributed by atoms with van der Waals surface area (Å²) in [5.41, 5.74) is 0.0214. The van der Waals surface area contributed by atoms with Crippen molar-refractivity contribution in [2.24, 2.45) is 23.2 Å². The predicted molar refractivity (Wildman–Crippen MR) is 57.9 cm³/mol. The number of hydrogen-bond acceptors (Lipinski definition) is 2. The van der Waals surface area contributed by atoms with Crippen molar-refractivity contribution >= 4 is 0 Å². The van der Waals surface area contributed by atoms with Gasteiger partial charge in [-0.15, -0.1) is 0 Å². The molecule has 0 bridgehead atoms. The Labute approximate surface area is 87.3 Å². The fourth-order valence-corrected chi connectivity index (χ4v) is 2.51. The lowest BCUT2D eigenvalue weighted by molar-refractivity contribution is 0.0252. The average molecular weight is 200 g/mol. The second kappa shape index (κ2) is 4.63. The molecule has 1 saturated carbocycles. The van der Waals surface area contributed by atoms with E-state index in [9.17, 15) is 10.2 Å². The molecular weight excluding hydrogens is 176 g/mol. The van der Waals surface area contributed by atoms with Gasteiger partial charge < -0.3 is 10.2 Å². The third kappa shape index (κ3) is 2.48.